The maximum Gasteiger partial charge on any atom is 0.282 e. The first-order chi connectivity index (χ1) is 14.7. The summed E-state index contributed by atoms with van der Waals surface area (Å²) in [5, 5.41) is 4.97. The lowest BCUT2D eigenvalue weighted by Gasteiger charge is -2.10. The van der Waals surface area contributed by atoms with Crippen LogP contribution in [0.25, 0.3) is 22.3 Å². The highest BCUT2D eigenvalue weighted by Crippen LogP contribution is 2.23. The molecule has 0 radical (unpaired) electrons. The van der Waals surface area contributed by atoms with Crippen molar-refractivity contribution in [2.24, 2.45) is 5.10 Å². The van der Waals surface area contributed by atoms with Gasteiger partial charge < -0.3 is 4.74 Å². The fraction of sp³-hybridized carbons (Fsp3) is 0.0417. The third kappa shape index (κ3) is 4.02. The summed E-state index contributed by atoms with van der Waals surface area (Å²) in [6.45, 7) is 0.134. The molecule has 0 aliphatic carbocycles. The lowest BCUT2D eigenvalue weighted by atomic mass is 10.2. The highest BCUT2D eigenvalue weighted by atomic mass is 79.9. The van der Waals surface area contributed by atoms with Crippen molar-refractivity contribution in [1.82, 2.24) is 9.66 Å². The summed E-state index contributed by atoms with van der Waals surface area (Å²) in [5.41, 5.74) is 1.83. The zero-order valence-electron chi connectivity index (χ0n) is 15.8. The number of fused-ring (bicyclic) bond motifs is 1. The van der Waals surface area contributed by atoms with Gasteiger partial charge in [-0.3, -0.25) is 4.79 Å². The third-order valence-electron chi connectivity index (χ3n) is 4.38. The van der Waals surface area contributed by atoms with E-state index < -0.39 is 0 Å². The summed E-state index contributed by atoms with van der Waals surface area (Å²) >= 11 is 3.45. The molecule has 0 saturated heterocycles. The molecular weight excluding hydrogens is 442 g/mol. The van der Waals surface area contributed by atoms with Crippen LogP contribution in [0, 0.1) is 12.3 Å². The van der Waals surface area contributed by atoms with Crippen LogP contribution < -0.4 is 10.3 Å². The van der Waals surface area contributed by atoms with Crippen molar-refractivity contribution in [3.05, 3.63) is 93.2 Å². The van der Waals surface area contributed by atoms with Crippen LogP contribution in [0.5, 0.6) is 5.75 Å². The second-order valence-electron chi connectivity index (χ2n) is 6.36. The van der Waals surface area contributed by atoms with E-state index in [1.54, 1.807) is 18.3 Å². The Labute approximate surface area is 181 Å². The molecule has 0 fully saturated rings. The number of halogens is 1. The van der Waals surface area contributed by atoms with Crippen molar-refractivity contribution in [2.75, 3.05) is 6.61 Å². The van der Waals surface area contributed by atoms with E-state index in [-0.39, 0.29) is 12.2 Å². The lowest BCUT2D eigenvalue weighted by Crippen LogP contribution is -2.20. The van der Waals surface area contributed by atoms with Gasteiger partial charge in [0.1, 0.15) is 12.4 Å². The molecule has 6 heteroatoms. The molecule has 4 aromatic rings. The van der Waals surface area contributed by atoms with E-state index in [1.165, 1.54) is 4.68 Å². The molecule has 0 atom stereocenters. The zero-order valence-corrected chi connectivity index (χ0v) is 17.4. The summed E-state index contributed by atoms with van der Waals surface area (Å²) in [6, 6.07) is 22.2. The molecule has 3 aromatic carbocycles. The van der Waals surface area contributed by atoms with E-state index >= 15 is 0 Å². The standard InChI is InChI=1S/C24H16BrN3O2/c1-2-14-30-22-13-12-19(25)15-18(22)16-26-28-23(17-8-4-3-5-9-17)27-21-11-7-6-10-20(21)24(28)29/h1,3-13,15-16H,14H2. The average molecular weight is 458 g/mol. The molecule has 0 unspecified atom stereocenters. The molecule has 146 valence electrons. The third-order valence-corrected chi connectivity index (χ3v) is 4.87. The van der Waals surface area contributed by atoms with Crippen molar-refractivity contribution in [3.63, 3.8) is 0 Å². The molecule has 0 N–H and O–H groups in total. The summed E-state index contributed by atoms with van der Waals surface area (Å²) in [6.07, 6.45) is 6.88. The van der Waals surface area contributed by atoms with Gasteiger partial charge in [0.15, 0.2) is 5.82 Å². The zero-order chi connectivity index (χ0) is 20.9. The summed E-state index contributed by atoms with van der Waals surface area (Å²) in [4.78, 5) is 17.9. The van der Waals surface area contributed by atoms with E-state index in [1.807, 2.05) is 60.7 Å². The van der Waals surface area contributed by atoms with E-state index in [0.29, 0.717) is 28.0 Å². The monoisotopic (exact) mass is 457 g/mol. The number of para-hydroxylation sites is 1. The normalized spacial score (nSPS) is 10.9. The Morgan fingerprint density at radius 2 is 1.87 bits per heavy atom. The van der Waals surface area contributed by atoms with Gasteiger partial charge in [-0.15, -0.1) is 6.42 Å². The predicted molar refractivity (Wildman–Crippen MR) is 123 cm³/mol. The van der Waals surface area contributed by atoms with E-state index in [2.05, 4.69) is 27.0 Å². The minimum Gasteiger partial charge on any atom is -0.480 e. The van der Waals surface area contributed by atoms with Gasteiger partial charge in [0.05, 0.1) is 17.1 Å². The minimum absolute atomic E-state index is 0.134. The highest BCUT2D eigenvalue weighted by Gasteiger charge is 2.12. The number of aromatic nitrogens is 2. The number of rotatable bonds is 5. The Morgan fingerprint density at radius 3 is 2.67 bits per heavy atom. The molecule has 0 bridgehead atoms. The fourth-order valence-electron chi connectivity index (χ4n) is 3.00. The first-order valence-corrected chi connectivity index (χ1v) is 9.94. The summed E-state index contributed by atoms with van der Waals surface area (Å²) in [7, 11) is 0. The van der Waals surface area contributed by atoms with Crippen LogP contribution in [0.4, 0.5) is 0 Å². The summed E-state index contributed by atoms with van der Waals surface area (Å²) < 4.78 is 7.75. The van der Waals surface area contributed by atoms with Gasteiger partial charge in [-0.25, -0.2) is 4.98 Å². The van der Waals surface area contributed by atoms with Crippen molar-refractivity contribution in [2.45, 2.75) is 0 Å². The highest BCUT2D eigenvalue weighted by molar-refractivity contribution is 9.10. The smallest absolute Gasteiger partial charge is 0.282 e. The van der Waals surface area contributed by atoms with E-state index in [9.17, 15) is 4.79 Å². The van der Waals surface area contributed by atoms with Crippen LogP contribution >= 0.6 is 15.9 Å². The van der Waals surface area contributed by atoms with Crippen LogP contribution in [0.1, 0.15) is 5.56 Å². The molecule has 1 heterocycles. The fourth-order valence-corrected chi connectivity index (χ4v) is 3.37. The Morgan fingerprint density at radius 1 is 1.10 bits per heavy atom. The molecule has 0 aliphatic heterocycles. The maximum atomic E-state index is 13.2. The minimum atomic E-state index is -0.253. The maximum absolute atomic E-state index is 13.2. The SMILES string of the molecule is C#CCOc1ccc(Br)cc1C=Nn1c(-c2ccccc2)nc2ccccc2c1=O. The van der Waals surface area contributed by atoms with Gasteiger partial charge in [-0.2, -0.15) is 9.78 Å². The molecule has 5 nitrogen and oxygen atoms in total. The van der Waals surface area contributed by atoms with Gasteiger partial charge in [0, 0.05) is 15.6 Å². The van der Waals surface area contributed by atoms with Gasteiger partial charge in [0.2, 0.25) is 0 Å². The van der Waals surface area contributed by atoms with Crippen LogP contribution in [-0.2, 0) is 0 Å². The van der Waals surface area contributed by atoms with E-state index in [4.69, 9.17) is 16.1 Å². The van der Waals surface area contributed by atoms with Crippen molar-refractivity contribution < 1.29 is 4.74 Å². The van der Waals surface area contributed by atoms with Crippen LogP contribution in [0.15, 0.2) is 87.2 Å². The first-order valence-electron chi connectivity index (χ1n) is 9.15. The number of terminal acetylenes is 1. The van der Waals surface area contributed by atoms with Crippen molar-refractivity contribution in [1.29, 1.82) is 0 Å². The largest absolute Gasteiger partial charge is 0.480 e. The Kier molecular flexibility index (Phi) is 5.73. The molecule has 4 rings (SSSR count). The molecule has 0 saturated carbocycles. The lowest BCUT2D eigenvalue weighted by molar-refractivity contribution is 0.370. The van der Waals surface area contributed by atoms with E-state index in [0.717, 1.165) is 10.0 Å². The number of ether oxygens (including phenoxy) is 1. The second-order valence-corrected chi connectivity index (χ2v) is 7.27. The average Bonchev–Trinajstić information content (AvgIpc) is 2.78. The quantitative estimate of drug-likeness (QED) is 0.321. The first kappa shape index (κ1) is 19.6. The van der Waals surface area contributed by atoms with Crippen LogP contribution in [0.3, 0.4) is 0 Å². The molecule has 1 aromatic heterocycles. The predicted octanol–water partition coefficient (Wildman–Crippen LogP) is 4.72. The Hall–Kier alpha value is -3.69. The van der Waals surface area contributed by atoms with Crippen LogP contribution in [-0.4, -0.2) is 22.5 Å². The van der Waals surface area contributed by atoms with Crippen molar-refractivity contribution in [3.8, 4) is 29.5 Å². The van der Waals surface area contributed by atoms with Gasteiger partial charge in [-0.1, -0.05) is 64.3 Å². The number of benzene rings is 3. The molecular formula is C24H16BrN3O2. The van der Waals surface area contributed by atoms with Gasteiger partial charge in [0.25, 0.3) is 5.56 Å². The van der Waals surface area contributed by atoms with Crippen molar-refractivity contribution >= 4 is 33.0 Å². The summed E-state index contributed by atoms with van der Waals surface area (Å²) in [5.74, 6) is 3.48. The molecule has 0 amide bonds. The Bertz CT molecular complexity index is 1340. The number of hydrogen-bond donors (Lipinski definition) is 0. The van der Waals surface area contributed by atoms with Crippen LogP contribution in [0.2, 0.25) is 0 Å². The van der Waals surface area contributed by atoms with Gasteiger partial charge >= 0.3 is 0 Å². The molecule has 0 aliphatic rings. The Balaban J connectivity index is 1.89. The number of nitrogens with zero attached hydrogens (tertiary/aromatic N) is 3. The molecule has 0 spiro atoms. The topological polar surface area (TPSA) is 56.5 Å². The molecule has 30 heavy (non-hydrogen) atoms. The van der Waals surface area contributed by atoms with Gasteiger partial charge in [-0.05, 0) is 30.3 Å². The number of hydrogen-bond acceptors (Lipinski definition) is 4. The second kappa shape index (κ2) is 8.76.